The molecule has 1 unspecified atom stereocenters. The second-order valence-electron chi connectivity index (χ2n) is 5.68. The van der Waals surface area contributed by atoms with Crippen LogP contribution in [0.1, 0.15) is 29.3 Å². The lowest BCUT2D eigenvalue weighted by molar-refractivity contribution is -0.137. The number of amides is 1. The number of rotatable bonds is 3. The van der Waals surface area contributed by atoms with Crippen molar-refractivity contribution in [1.82, 2.24) is 15.3 Å². The highest BCUT2D eigenvalue weighted by Crippen LogP contribution is 2.34. The lowest BCUT2D eigenvalue weighted by Gasteiger charge is -2.13. The summed E-state index contributed by atoms with van der Waals surface area (Å²) in [6, 6.07) is 4.72. The molecule has 0 saturated carbocycles. The van der Waals surface area contributed by atoms with Crippen molar-refractivity contribution in [2.75, 3.05) is 17.7 Å². The number of hydrogen-bond donors (Lipinski definition) is 3. The van der Waals surface area contributed by atoms with E-state index in [9.17, 15) is 18.0 Å². The fourth-order valence-corrected chi connectivity index (χ4v) is 2.49. The average molecular weight is 367 g/mol. The van der Waals surface area contributed by atoms with Crippen LogP contribution >= 0.6 is 0 Å². The third-order valence-corrected chi connectivity index (χ3v) is 3.89. The number of aromatic nitrogens is 2. The third kappa shape index (κ3) is 3.48. The van der Waals surface area contributed by atoms with Crippen molar-refractivity contribution in [2.24, 2.45) is 0 Å². The summed E-state index contributed by atoms with van der Waals surface area (Å²) in [5, 5.41) is 5.57. The van der Waals surface area contributed by atoms with Crippen molar-refractivity contribution in [3.8, 4) is 5.75 Å². The minimum atomic E-state index is -4.64. The highest BCUT2D eigenvalue weighted by atomic mass is 19.4. The van der Waals surface area contributed by atoms with E-state index in [-0.39, 0.29) is 23.5 Å². The van der Waals surface area contributed by atoms with Gasteiger partial charge in [-0.25, -0.2) is 4.98 Å². The summed E-state index contributed by atoms with van der Waals surface area (Å²) in [7, 11) is 0. The van der Waals surface area contributed by atoms with Crippen molar-refractivity contribution in [3.63, 3.8) is 0 Å². The zero-order chi connectivity index (χ0) is 18.9. The Morgan fingerprint density at radius 2 is 2.19 bits per heavy atom. The van der Waals surface area contributed by atoms with Crippen LogP contribution in [0.5, 0.6) is 5.75 Å². The zero-order valence-corrected chi connectivity index (χ0v) is 13.7. The molecule has 0 saturated heterocycles. The molecular formula is C16H16F3N5O2. The molecular weight excluding hydrogens is 351 g/mol. The van der Waals surface area contributed by atoms with Gasteiger partial charge in [-0.2, -0.15) is 18.2 Å². The molecule has 138 valence electrons. The van der Waals surface area contributed by atoms with Crippen LogP contribution in [-0.2, 0) is 6.18 Å². The molecule has 1 aliphatic heterocycles. The molecule has 1 aromatic heterocycles. The molecule has 0 bridgehead atoms. The smallest absolute Gasteiger partial charge is 0.421 e. The molecule has 2 heterocycles. The monoisotopic (exact) mass is 367 g/mol. The zero-order valence-electron chi connectivity index (χ0n) is 13.7. The number of nitrogens with zero attached hydrogens (tertiary/aromatic N) is 2. The van der Waals surface area contributed by atoms with E-state index >= 15 is 0 Å². The van der Waals surface area contributed by atoms with Gasteiger partial charge in [0.15, 0.2) is 0 Å². The topological polar surface area (TPSA) is 102 Å². The van der Waals surface area contributed by atoms with Gasteiger partial charge in [-0.05, 0) is 18.6 Å². The maximum Gasteiger partial charge on any atom is 0.421 e. The Hall–Kier alpha value is -3.04. The minimum Gasteiger partial charge on any atom is -0.491 e. The summed E-state index contributed by atoms with van der Waals surface area (Å²) in [5.74, 6) is -0.854. The second-order valence-corrected chi connectivity index (χ2v) is 5.68. The average Bonchev–Trinajstić information content (AvgIpc) is 2.73. The summed E-state index contributed by atoms with van der Waals surface area (Å²) in [5.41, 5.74) is 4.78. The first-order valence-electron chi connectivity index (χ1n) is 7.83. The maximum atomic E-state index is 12.7. The Kier molecular flexibility index (Phi) is 4.58. The number of ether oxygens (including phenoxy) is 1. The van der Waals surface area contributed by atoms with Gasteiger partial charge >= 0.3 is 6.18 Å². The summed E-state index contributed by atoms with van der Waals surface area (Å²) >= 11 is 0. The molecule has 1 aromatic carbocycles. The molecule has 1 aliphatic rings. The second kappa shape index (κ2) is 6.70. The number of alkyl halides is 3. The quantitative estimate of drug-likeness (QED) is 0.771. The van der Waals surface area contributed by atoms with E-state index in [1.807, 2.05) is 6.92 Å². The van der Waals surface area contributed by atoms with Gasteiger partial charge < -0.3 is 21.1 Å². The molecule has 10 heteroatoms. The normalized spacial score (nSPS) is 16.9. The van der Waals surface area contributed by atoms with E-state index in [0.29, 0.717) is 30.7 Å². The first kappa shape index (κ1) is 17.8. The van der Waals surface area contributed by atoms with Crippen LogP contribution in [0.3, 0.4) is 0 Å². The Morgan fingerprint density at radius 1 is 1.42 bits per heavy atom. The van der Waals surface area contributed by atoms with E-state index in [4.69, 9.17) is 10.5 Å². The number of halogens is 3. The first-order valence-corrected chi connectivity index (χ1v) is 7.83. The first-order chi connectivity index (χ1) is 12.3. The maximum absolute atomic E-state index is 12.7. The minimum absolute atomic E-state index is 0.138. The SMILES string of the molecule is CCC1COc2cccc(Nc3ncc(C(F)(F)F)c(N)n3)c2C(=O)N1. The van der Waals surface area contributed by atoms with Gasteiger partial charge in [0.05, 0.1) is 11.7 Å². The summed E-state index contributed by atoms with van der Waals surface area (Å²) in [6.07, 6.45) is -3.35. The number of nitrogens with one attached hydrogen (secondary N) is 2. The largest absolute Gasteiger partial charge is 0.491 e. The van der Waals surface area contributed by atoms with Crippen LogP contribution in [0.25, 0.3) is 0 Å². The van der Waals surface area contributed by atoms with Gasteiger partial charge in [0.2, 0.25) is 5.95 Å². The van der Waals surface area contributed by atoms with Crippen molar-refractivity contribution < 1.29 is 22.7 Å². The van der Waals surface area contributed by atoms with E-state index in [1.54, 1.807) is 18.2 Å². The van der Waals surface area contributed by atoms with Crippen LogP contribution < -0.4 is 21.1 Å². The number of carbonyl (C=O) groups is 1. The van der Waals surface area contributed by atoms with Gasteiger partial charge in [0.25, 0.3) is 5.91 Å². The molecule has 0 radical (unpaired) electrons. The van der Waals surface area contributed by atoms with Gasteiger partial charge in [-0.15, -0.1) is 0 Å². The molecule has 4 N–H and O–H groups in total. The molecule has 1 atom stereocenters. The van der Waals surface area contributed by atoms with Crippen LogP contribution in [0.4, 0.5) is 30.6 Å². The van der Waals surface area contributed by atoms with Gasteiger partial charge in [-0.3, -0.25) is 4.79 Å². The van der Waals surface area contributed by atoms with Crippen molar-refractivity contribution in [3.05, 3.63) is 35.5 Å². The molecule has 2 aromatic rings. The van der Waals surface area contributed by atoms with Gasteiger partial charge in [0.1, 0.15) is 29.3 Å². The number of benzene rings is 1. The van der Waals surface area contributed by atoms with E-state index in [2.05, 4.69) is 20.6 Å². The number of nitrogens with two attached hydrogens (primary N) is 1. The fourth-order valence-electron chi connectivity index (χ4n) is 2.49. The van der Waals surface area contributed by atoms with E-state index in [1.165, 1.54) is 0 Å². The molecule has 0 spiro atoms. The number of nitrogen functional groups attached to an aromatic ring is 1. The third-order valence-electron chi connectivity index (χ3n) is 3.89. The van der Waals surface area contributed by atoms with Crippen LogP contribution in [0.15, 0.2) is 24.4 Å². The summed E-state index contributed by atoms with van der Waals surface area (Å²) in [4.78, 5) is 19.8. The fraction of sp³-hybridized carbons (Fsp3) is 0.312. The number of anilines is 3. The highest BCUT2D eigenvalue weighted by molar-refractivity contribution is 6.03. The van der Waals surface area contributed by atoms with E-state index < -0.39 is 17.6 Å². The molecule has 0 fully saturated rings. The van der Waals surface area contributed by atoms with Gasteiger partial charge in [0, 0.05) is 6.20 Å². The number of carbonyl (C=O) groups excluding carboxylic acids is 1. The lowest BCUT2D eigenvalue weighted by Crippen LogP contribution is -2.36. The van der Waals surface area contributed by atoms with Crippen molar-refractivity contribution >= 4 is 23.4 Å². The van der Waals surface area contributed by atoms with Crippen LogP contribution in [-0.4, -0.2) is 28.5 Å². The molecule has 26 heavy (non-hydrogen) atoms. The number of hydrogen-bond acceptors (Lipinski definition) is 6. The molecule has 0 aliphatic carbocycles. The highest BCUT2D eigenvalue weighted by Gasteiger charge is 2.34. The van der Waals surface area contributed by atoms with Crippen LogP contribution in [0.2, 0.25) is 0 Å². The molecule has 1 amide bonds. The Labute approximate surface area is 146 Å². The summed E-state index contributed by atoms with van der Waals surface area (Å²) < 4.78 is 43.9. The van der Waals surface area contributed by atoms with Gasteiger partial charge in [-0.1, -0.05) is 13.0 Å². The lowest BCUT2D eigenvalue weighted by atomic mass is 10.1. The van der Waals surface area contributed by atoms with Crippen molar-refractivity contribution in [2.45, 2.75) is 25.6 Å². The number of fused-ring (bicyclic) bond motifs is 1. The molecule has 3 rings (SSSR count). The Bertz CT molecular complexity index is 841. The standard InChI is InChI=1S/C16H16F3N5O2/c1-2-8-7-26-11-5-3-4-10(12(11)14(25)22-8)23-15-21-6-9(13(20)24-15)16(17,18)19/h3-6,8H,2,7H2,1H3,(H,22,25)(H3,20,21,23,24). The predicted molar refractivity (Wildman–Crippen MR) is 88.2 cm³/mol. The van der Waals surface area contributed by atoms with E-state index in [0.717, 1.165) is 0 Å². The Balaban J connectivity index is 1.93. The Morgan fingerprint density at radius 3 is 2.85 bits per heavy atom. The van der Waals surface area contributed by atoms with Crippen molar-refractivity contribution in [1.29, 1.82) is 0 Å². The summed E-state index contributed by atoms with van der Waals surface area (Å²) in [6.45, 7) is 2.24. The molecule has 7 nitrogen and oxygen atoms in total. The van der Waals surface area contributed by atoms with Crippen LogP contribution in [0, 0.1) is 0 Å². The predicted octanol–water partition coefficient (Wildman–Crippen LogP) is 2.72.